The molecule has 1 saturated heterocycles. The van der Waals surface area contributed by atoms with Gasteiger partial charge in [0, 0.05) is 47.9 Å². The first kappa shape index (κ1) is 21.1. The van der Waals surface area contributed by atoms with Gasteiger partial charge in [-0.05, 0) is 38.6 Å². The van der Waals surface area contributed by atoms with Crippen molar-refractivity contribution in [3.63, 3.8) is 0 Å². The summed E-state index contributed by atoms with van der Waals surface area (Å²) in [4.78, 5) is 14.9. The second-order valence-electron chi connectivity index (χ2n) is 7.56. The molecule has 31 heavy (non-hydrogen) atoms. The molecule has 1 aliphatic rings. The molecule has 0 radical (unpaired) electrons. The lowest BCUT2D eigenvalue weighted by Crippen LogP contribution is -2.37. The number of nitrogens with one attached hydrogen (secondary N) is 2. The van der Waals surface area contributed by atoms with E-state index in [1.165, 1.54) is 5.56 Å². The summed E-state index contributed by atoms with van der Waals surface area (Å²) in [6.45, 7) is 8.12. The van der Waals surface area contributed by atoms with E-state index in [2.05, 4.69) is 45.2 Å². The number of morpholine rings is 1. The monoisotopic (exact) mass is 423 g/mol. The SMILES string of the molecule is CNCCOc1cc(C(=NN)c2ccc3[nH]c(C)c(C)c3c2)nc(N2CCOCC2)n1. The van der Waals surface area contributed by atoms with E-state index in [1.807, 2.05) is 19.2 Å². The van der Waals surface area contributed by atoms with Crippen molar-refractivity contribution in [2.75, 3.05) is 51.4 Å². The fraction of sp³-hybridized carbons (Fsp3) is 0.409. The van der Waals surface area contributed by atoms with E-state index in [1.54, 1.807) is 6.07 Å². The van der Waals surface area contributed by atoms with E-state index in [9.17, 15) is 0 Å². The van der Waals surface area contributed by atoms with Crippen LogP contribution in [0.1, 0.15) is 22.5 Å². The molecule has 1 fully saturated rings. The average Bonchev–Trinajstić information content (AvgIpc) is 3.08. The van der Waals surface area contributed by atoms with Crippen LogP contribution in [0.3, 0.4) is 0 Å². The van der Waals surface area contributed by atoms with Gasteiger partial charge in [-0.2, -0.15) is 10.1 Å². The molecule has 0 spiro atoms. The third kappa shape index (κ3) is 4.47. The Labute approximate surface area is 181 Å². The van der Waals surface area contributed by atoms with Crippen molar-refractivity contribution in [3.05, 3.63) is 46.8 Å². The number of ether oxygens (including phenoxy) is 2. The molecular weight excluding hydrogens is 394 g/mol. The summed E-state index contributed by atoms with van der Waals surface area (Å²) in [7, 11) is 1.88. The highest BCUT2D eigenvalue weighted by molar-refractivity contribution is 6.13. The minimum absolute atomic E-state index is 0.498. The van der Waals surface area contributed by atoms with E-state index >= 15 is 0 Å². The number of fused-ring (bicyclic) bond motifs is 1. The van der Waals surface area contributed by atoms with Gasteiger partial charge in [-0.25, -0.2) is 4.98 Å². The number of aryl methyl sites for hydroxylation is 2. The summed E-state index contributed by atoms with van der Waals surface area (Å²) in [5.41, 5.74) is 5.56. The van der Waals surface area contributed by atoms with Crippen molar-refractivity contribution in [1.82, 2.24) is 20.3 Å². The van der Waals surface area contributed by atoms with Gasteiger partial charge in [0.15, 0.2) is 0 Å². The number of aromatic amines is 1. The maximum atomic E-state index is 5.87. The number of hydrazone groups is 1. The Morgan fingerprint density at radius 3 is 2.81 bits per heavy atom. The van der Waals surface area contributed by atoms with Crippen molar-refractivity contribution in [1.29, 1.82) is 0 Å². The summed E-state index contributed by atoms with van der Waals surface area (Å²) in [5.74, 6) is 6.95. The van der Waals surface area contributed by atoms with Gasteiger partial charge in [-0.15, -0.1) is 0 Å². The van der Waals surface area contributed by atoms with E-state index in [4.69, 9.17) is 20.3 Å². The predicted octanol–water partition coefficient (Wildman–Crippen LogP) is 1.72. The van der Waals surface area contributed by atoms with E-state index < -0.39 is 0 Å². The standard InChI is InChI=1S/C22H29N7O2/c1-14-15(2)25-18-5-4-16(12-17(14)18)21(28-23)19-13-20(31-9-6-24-3)27-22(26-19)29-7-10-30-11-8-29/h4-5,12-13,24-25H,6-11,23H2,1-3H3. The molecule has 0 atom stereocenters. The van der Waals surface area contributed by atoms with Gasteiger partial charge in [0.2, 0.25) is 11.8 Å². The normalized spacial score (nSPS) is 14.9. The molecule has 2 aromatic heterocycles. The number of anilines is 1. The van der Waals surface area contributed by atoms with Gasteiger partial charge in [0.05, 0.1) is 13.2 Å². The minimum Gasteiger partial charge on any atom is -0.476 e. The molecule has 9 heteroatoms. The van der Waals surface area contributed by atoms with E-state index in [0.29, 0.717) is 49.6 Å². The number of aromatic nitrogens is 3. The number of hydrogen-bond acceptors (Lipinski definition) is 8. The molecule has 1 aromatic carbocycles. The number of nitrogens with zero attached hydrogens (tertiary/aromatic N) is 4. The zero-order valence-electron chi connectivity index (χ0n) is 18.2. The number of likely N-dealkylation sites (N-methyl/N-ethyl adjacent to an activating group) is 1. The lowest BCUT2D eigenvalue weighted by Gasteiger charge is -2.27. The number of H-pyrrole nitrogens is 1. The Kier molecular flexibility index (Phi) is 6.34. The number of benzene rings is 1. The highest BCUT2D eigenvalue weighted by atomic mass is 16.5. The summed E-state index contributed by atoms with van der Waals surface area (Å²) in [5, 5.41) is 8.32. The predicted molar refractivity (Wildman–Crippen MR) is 122 cm³/mol. The smallest absolute Gasteiger partial charge is 0.229 e. The maximum absolute atomic E-state index is 5.87. The van der Waals surface area contributed by atoms with Crippen LogP contribution in [0.5, 0.6) is 5.88 Å². The molecular formula is C22H29N7O2. The lowest BCUT2D eigenvalue weighted by molar-refractivity contribution is 0.122. The summed E-state index contributed by atoms with van der Waals surface area (Å²) in [6, 6.07) is 7.94. The van der Waals surface area contributed by atoms with Crippen molar-refractivity contribution in [2.45, 2.75) is 13.8 Å². The second-order valence-corrected chi connectivity index (χ2v) is 7.56. The van der Waals surface area contributed by atoms with Crippen LogP contribution in [-0.4, -0.2) is 67.2 Å². The number of nitrogens with two attached hydrogens (primary N) is 1. The fourth-order valence-corrected chi connectivity index (χ4v) is 3.67. The van der Waals surface area contributed by atoms with Crippen LogP contribution in [0.2, 0.25) is 0 Å². The molecule has 164 valence electrons. The molecule has 3 aromatic rings. The zero-order chi connectivity index (χ0) is 21.8. The quantitative estimate of drug-likeness (QED) is 0.229. The maximum Gasteiger partial charge on any atom is 0.229 e. The van der Waals surface area contributed by atoms with Gasteiger partial charge in [0.1, 0.15) is 18.0 Å². The van der Waals surface area contributed by atoms with Crippen molar-refractivity contribution >= 4 is 22.6 Å². The largest absolute Gasteiger partial charge is 0.476 e. The van der Waals surface area contributed by atoms with E-state index in [-0.39, 0.29) is 0 Å². The molecule has 3 heterocycles. The Morgan fingerprint density at radius 1 is 1.26 bits per heavy atom. The Balaban J connectivity index is 1.74. The van der Waals surface area contributed by atoms with E-state index in [0.717, 1.165) is 35.2 Å². The molecule has 0 amide bonds. The van der Waals surface area contributed by atoms with Gasteiger partial charge >= 0.3 is 0 Å². The van der Waals surface area contributed by atoms with Crippen molar-refractivity contribution < 1.29 is 9.47 Å². The molecule has 1 aliphatic heterocycles. The molecule has 0 aliphatic carbocycles. The lowest BCUT2D eigenvalue weighted by atomic mass is 10.0. The third-order valence-electron chi connectivity index (χ3n) is 5.54. The number of rotatable bonds is 7. The summed E-state index contributed by atoms with van der Waals surface area (Å²) < 4.78 is 11.3. The zero-order valence-corrected chi connectivity index (χ0v) is 18.2. The van der Waals surface area contributed by atoms with Crippen molar-refractivity contribution in [3.8, 4) is 5.88 Å². The highest BCUT2D eigenvalue weighted by Crippen LogP contribution is 2.25. The molecule has 0 saturated carbocycles. The molecule has 0 bridgehead atoms. The van der Waals surface area contributed by atoms with Gasteiger partial charge in [0.25, 0.3) is 0 Å². The molecule has 4 rings (SSSR count). The van der Waals surface area contributed by atoms with Crippen LogP contribution in [0, 0.1) is 13.8 Å². The van der Waals surface area contributed by atoms with Crippen LogP contribution < -0.4 is 20.8 Å². The first-order valence-electron chi connectivity index (χ1n) is 10.5. The summed E-state index contributed by atoms with van der Waals surface area (Å²) >= 11 is 0. The first-order chi connectivity index (χ1) is 15.1. The van der Waals surface area contributed by atoms with Gasteiger partial charge in [-0.1, -0.05) is 6.07 Å². The first-order valence-corrected chi connectivity index (χ1v) is 10.5. The minimum atomic E-state index is 0.498. The Morgan fingerprint density at radius 2 is 2.06 bits per heavy atom. The molecule has 4 N–H and O–H groups in total. The fourth-order valence-electron chi connectivity index (χ4n) is 3.67. The Hall–Kier alpha value is -3.17. The number of hydrogen-bond donors (Lipinski definition) is 3. The van der Waals surface area contributed by atoms with Crippen LogP contribution in [0.15, 0.2) is 29.4 Å². The van der Waals surface area contributed by atoms with Crippen LogP contribution in [-0.2, 0) is 4.74 Å². The summed E-state index contributed by atoms with van der Waals surface area (Å²) in [6.07, 6.45) is 0. The average molecular weight is 424 g/mol. The third-order valence-corrected chi connectivity index (χ3v) is 5.54. The molecule has 9 nitrogen and oxygen atoms in total. The van der Waals surface area contributed by atoms with Gasteiger partial charge < -0.3 is 30.5 Å². The van der Waals surface area contributed by atoms with Gasteiger partial charge in [-0.3, -0.25) is 0 Å². The van der Waals surface area contributed by atoms with Crippen LogP contribution in [0.25, 0.3) is 10.9 Å². The highest BCUT2D eigenvalue weighted by Gasteiger charge is 2.19. The molecule has 0 unspecified atom stereocenters. The van der Waals surface area contributed by atoms with Crippen LogP contribution >= 0.6 is 0 Å². The topological polar surface area (TPSA) is 114 Å². The second kappa shape index (κ2) is 9.32. The van der Waals surface area contributed by atoms with Crippen LogP contribution in [0.4, 0.5) is 5.95 Å². The van der Waals surface area contributed by atoms with Crippen molar-refractivity contribution in [2.24, 2.45) is 10.9 Å². The Bertz CT molecular complexity index is 1090.